The zero-order chi connectivity index (χ0) is 20.9. The predicted octanol–water partition coefficient (Wildman–Crippen LogP) is 5.01. The molecule has 0 heterocycles. The summed E-state index contributed by atoms with van der Waals surface area (Å²) >= 11 is 0. The van der Waals surface area contributed by atoms with Crippen LogP contribution in [0.2, 0.25) is 0 Å². The fourth-order valence-corrected chi connectivity index (χ4v) is 2.95. The average Bonchev–Trinajstić information content (AvgIpc) is 3.60. The number of hydrogen-bond acceptors (Lipinski definition) is 3. The number of rotatable bonds is 7. The van der Waals surface area contributed by atoms with Crippen LogP contribution in [0.5, 0.6) is 5.75 Å². The van der Waals surface area contributed by atoms with Crippen molar-refractivity contribution in [2.24, 2.45) is 5.92 Å². The predicted molar refractivity (Wildman–Crippen MR) is 113 cm³/mol. The summed E-state index contributed by atoms with van der Waals surface area (Å²) < 4.78 is 18.8. The third-order valence-electron chi connectivity index (χ3n) is 4.80. The summed E-state index contributed by atoms with van der Waals surface area (Å²) in [5, 5.41) is 5.70. The fraction of sp³-hybridized carbons (Fsp3) is 0.167. The van der Waals surface area contributed by atoms with Crippen molar-refractivity contribution in [1.82, 2.24) is 0 Å². The van der Waals surface area contributed by atoms with Gasteiger partial charge in [-0.05, 0) is 66.9 Å². The quantitative estimate of drug-likeness (QED) is 0.582. The van der Waals surface area contributed by atoms with Crippen molar-refractivity contribution in [2.75, 3.05) is 10.6 Å². The summed E-state index contributed by atoms with van der Waals surface area (Å²) in [6.45, 7) is 0.222. The van der Waals surface area contributed by atoms with Crippen LogP contribution in [-0.4, -0.2) is 11.8 Å². The number of anilines is 2. The number of carbonyl (C=O) groups excluding carboxylic acids is 2. The van der Waals surface area contributed by atoms with Crippen LogP contribution in [0.15, 0.2) is 72.8 Å². The second kappa shape index (κ2) is 8.78. The minimum Gasteiger partial charge on any atom is -0.488 e. The molecule has 30 heavy (non-hydrogen) atoms. The number of ether oxygens (including phenoxy) is 1. The van der Waals surface area contributed by atoms with Gasteiger partial charge >= 0.3 is 0 Å². The van der Waals surface area contributed by atoms with E-state index in [1.54, 1.807) is 60.7 Å². The molecular formula is C24H21FN2O3. The Labute approximate surface area is 173 Å². The highest BCUT2D eigenvalue weighted by atomic mass is 19.1. The Kier molecular flexibility index (Phi) is 5.75. The largest absolute Gasteiger partial charge is 0.488 e. The van der Waals surface area contributed by atoms with Crippen molar-refractivity contribution in [2.45, 2.75) is 19.4 Å². The van der Waals surface area contributed by atoms with E-state index in [1.807, 2.05) is 0 Å². The third-order valence-corrected chi connectivity index (χ3v) is 4.80. The fourth-order valence-electron chi connectivity index (χ4n) is 2.95. The van der Waals surface area contributed by atoms with Gasteiger partial charge in [0.15, 0.2) is 0 Å². The van der Waals surface area contributed by atoms with Gasteiger partial charge in [0.25, 0.3) is 5.91 Å². The first-order chi connectivity index (χ1) is 14.6. The summed E-state index contributed by atoms with van der Waals surface area (Å²) in [4.78, 5) is 24.6. The molecule has 1 fully saturated rings. The highest BCUT2D eigenvalue weighted by molar-refractivity contribution is 6.06. The van der Waals surface area contributed by atoms with Crippen LogP contribution in [0.1, 0.15) is 28.8 Å². The van der Waals surface area contributed by atoms with Crippen molar-refractivity contribution >= 4 is 23.2 Å². The Morgan fingerprint density at radius 2 is 1.50 bits per heavy atom. The highest BCUT2D eigenvalue weighted by Gasteiger charge is 2.29. The summed E-state index contributed by atoms with van der Waals surface area (Å²) in [6, 6.07) is 20.0. The number of amides is 2. The minimum absolute atomic E-state index is 0.0408. The Morgan fingerprint density at radius 3 is 2.17 bits per heavy atom. The molecule has 0 bridgehead atoms. The molecule has 0 saturated heterocycles. The lowest BCUT2D eigenvalue weighted by Gasteiger charge is -2.12. The Hall–Kier alpha value is -3.67. The number of carbonyl (C=O) groups is 2. The van der Waals surface area contributed by atoms with Gasteiger partial charge in [-0.2, -0.15) is 0 Å². The van der Waals surface area contributed by atoms with Gasteiger partial charge in [0.05, 0.1) is 5.56 Å². The maximum atomic E-state index is 13.0. The molecular weight excluding hydrogens is 383 g/mol. The van der Waals surface area contributed by atoms with Gasteiger partial charge in [-0.25, -0.2) is 4.39 Å². The van der Waals surface area contributed by atoms with E-state index in [0.29, 0.717) is 22.7 Å². The second-order valence-corrected chi connectivity index (χ2v) is 7.21. The van der Waals surface area contributed by atoms with Crippen LogP contribution in [0.3, 0.4) is 0 Å². The molecule has 5 nitrogen and oxygen atoms in total. The van der Waals surface area contributed by atoms with E-state index in [-0.39, 0.29) is 30.2 Å². The molecule has 0 atom stereocenters. The van der Waals surface area contributed by atoms with Gasteiger partial charge in [-0.15, -0.1) is 0 Å². The Bertz CT molecular complexity index is 1040. The Balaban J connectivity index is 1.39. The zero-order valence-electron chi connectivity index (χ0n) is 16.2. The normalized spacial score (nSPS) is 12.8. The molecule has 2 amide bonds. The van der Waals surface area contributed by atoms with E-state index in [9.17, 15) is 14.0 Å². The molecule has 152 valence electrons. The average molecular weight is 404 g/mol. The lowest BCUT2D eigenvalue weighted by atomic mass is 10.1. The van der Waals surface area contributed by atoms with Crippen molar-refractivity contribution in [3.05, 3.63) is 89.7 Å². The number of hydrogen-bond donors (Lipinski definition) is 2. The van der Waals surface area contributed by atoms with Crippen molar-refractivity contribution < 1.29 is 18.7 Å². The molecule has 1 aliphatic rings. The van der Waals surface area contributed by atoms with E-state index in [0.717, 1.165) is 18.4 Å². The standard InChI is InChI=1S/C24H21FN2O3/c25-18-9-5-16(6-10-18)15-30-22-4-2-1-3-21(22)24(29)27-20-13-11-19(12-14-20)26-23(28)17-7-8-17/h1-6,9-14,17H,7-8,15H2,(H,26,28)(H,27,29). The van der Waals surface area contributed by atoms with Crippen LogP contribution in [-0.2, 0) is 11.4 Å². The zero-order valence-corrected chi connectivity index (χ0v) is 16.2. The smallest absolute Gasteiger partial charge is 0.259 e. The van der Waals surface area contributed by atoms with Gasteiger partial charge < -0.3 is 15.4 Å². The maximum Gasteiger partial charge on any atom is 0.259 e. The molecule has 2 N–H and O–H groups in total. The van der Waals surface area contributed by atoms with E-state index >= 15 is 0 Å². The van der Waals surface area contributed by atoms with Crippen LogP contribution in [0.25, 0.3) is 0 Å². The summed E-state index contributed by atoms with van der Waals surface area (Å²) in [6.07, 6.45) is 1.89. The number of halogens is 1. The number of nitrogens with one attached hydrogen (secondary N) is 2. The lowest BCUT2D eigenvalue weighted by Crippen LogP contribution is -2.14. The SMILES string of the molecule is O=C(Nc1ccc(NC(=O)C2CC2)cc1)c1ccccc1OCc1ccc(F)cc1. The molecule has 0 spiro atoms. The van der Waals surface area contributed by atoms with Crippen molar-refractivity contribution in [1.29, 1.82) is 0 Å². The first kappa shape index (κ1) is 19.6. The number of para-hydroxylation sites is 1. The first-order valence-corrected chi connectivity index (χ1v) is 9.77. The second-order valence-electron chi connectivity index (χ2n) is 7.21. The van der Waals surface area contributed by atoms with Gasteiger partial charge in [-0.1, -0.05) is 24.3 Å². The maximum absolute atomic E-state index is 13.0. The third kappa shape index (κ3) is 5.03. The number of benzene rings is 3. The minimum atomic E-state index is -0.309. The van der Waals surface area contributed by atoms with E-state index in [4.69, 9.17) is 4.74 Å². The molecule has 6 heteroatoms. The molecule has 1 aliphatic carbocycles. The van der Waals surface area contributed by atoms with Crippen molar-refractivity contribution in [3.63, 3.8) is 0 Å². The van der Waals surface area contributed by atoms with Gasteiger partial charge in [0.2, 0.25) is 5.91 Å². The summed E-state index contributed by atoms with van der Waals surface area (Å²) in [5.41, 5.74) is 2.51. The Morgan fingerprint density at radius 1 is 0.867 bits per heavy atom. The van der Waals surface area contributed by atoms with E-state index in [1.165, 1.54) is 12.1 Å². The molecule has 0 aromatic heterocycles. The van der Waals surface area contributed by atoms with Crippen LogP contribution >= 0.6 is 0 Å². The monoisotopic (exact) mass is 404 g/mol. The molecule has 4 rings (SSSR count). The van der Waals surface area contributed by atoms with Gasteiger partial charge in [-0.3, -0.25) is 9.59 Å². The van der Waals surface area contributed by atoms with Crippen LogP contribution in [0.4, 0.5) is 15.8 Å². The molecule has 3 aromatic rings. The van der Waals surface area contributed by atoms with Crippen molar-refractivity contribution in [3.8, 4) is 5.75 Å². The molecule has 0 radical (unpaired) electrons. The first-order valence-electron chi connectivity index (χ1n) is 9.77. The van der Waals surface area contributed by atoms with Crippen LogP contribution < -0.4 is 15.4 Å². The van der Waals surface area contributed by atoms with E-state index in [2.05, 4.69) is 10.6 Å². The lowest BCUT2D eigenvalue weighted by molar-refractivity contribution is -0.117. The highest BCUT2D eigenvalue weighted by Crippen LogP contribution is 2.30. The van der Waals surface area contributed by atoms with Gasteiger partial charge in [0, 0.05) is 17.3 Å². The molecule has 0 unspecified atom stereocenters. The van der Waals surface area contributed by atoms with E-state index < -0.39 is 0 Å². The summed E-state index contributed by atoms with van der Waals surface area (Å²) in [5.74, 6) is -0.00132. The van der Waals surface area contributed by atoms with Gasteiger partial charge in [0.1, 0.15) is 18.2 Å². The molecule has 1 saturated carbocycles. The molecule has 0 aliphatic heterocycles. The molecule has 3 aromatic carbocycles. The topological polar surface area (TPSA) is 67.4 Å². The van der Waals surface area contributed by atoms with Crippen LogP contribution in [0, 0.1) is 11.7 Å². The summed E-state index contributed by atoms with van der Waals surface area (Å²) in [7, 11) is 0.